The van der Waals surface area contributed by atoms with Crippen LogP contribution in [0.15, 0.2) is 48.5 Å². The molecule has 1 unspecified atom stereocenters. The van der Waals surface area contributed by atoms with Crippen LogP contribution in [0.2, 0.25) is 0 Å². The van der Waals surface area contributed by atoms with Gasteiger partial charge in [-0.25, -0.2) is 0 Å². The van der Waals surface area contributed by atoms with E-state index in [2.05, 4.69) is 5.32 Å². The zero-order valence-electron chi connectivity index (χ0n) is 14.6. The van der Waals surface area contributed by atoms with Crippen molar-refractivity contribution in [1.82, 2.24) is 5.32 Å². The molecule has 5 heteroatoms. The van der Waals surface area contributed by atoms with Crippen LogP contribution in [0.1, 0.15) is 45.9 Å². The van der Waals surface area contributed by atoms with E-state index in [-0.39, 0.29) is 43.0 Å². The van der Waals surface area contributed by atoms with Crippen molar-refractivity contribution in [3.63, 3.8) is 0 Å². The van der Waals surface area contributed by atoms with Crippen molar-refractivity contribution in [2.45, 2.75) is 32.7 Å². The molecule has 4 nitrogen and oxygen atoms in total. The minimum atomic E-state index is -0.245. The Bertz CT molecular complexity index is 717. The summed E-state index contributed by atoms with van der Waals surface area (Å²) in [5.74, 6) is -0.154. The number of halogens is 1. The van der Waals surface area contributed by atoms with Gasteiger partial charge in [0.15, 0.2) is 5.78 Å². The number of nitrogens with two attached hydrogens (primary N) is 1. The average Bonchev–Trinajstić information content (AvgIpc) is 2.60. The van der Waals surface area contributed by atoms with E-state index in [4.69, 9.17) is 5.73 Å². The molecule has 1 amide bonds. The Labute approximate surface area is 155 Å². The van der Waals surface area contributed by atoms with Crippen LogP contribution in [-0.4, -0.2) is 18.2 Å². The maximum absolute atomic E-state index is 12.3. The third-order valence-corrected chi connectivity index (χ3v) is 4.02. The molecule has 0 bridgehead atoms. The molecule has 0 aliphatic carbocycles. The molecular formula is C20H25ClN2O2. The number of aryl methyl sites for hydroxylation is 2. The third kappa shape index (κ3) is 6.33. The first-order valence-electron chi connectivity index (χ1n) is 8.15. The number of hydrogen-bond donors (Lipinski definition) is 2. The molecule has 0 saturated heterocycles. The van der Waals surface area contributed by atoms with Crippen LogP contribution < -0.4 is 11.1 Å². The fourth-order valence-electron chi connectivity index (χ4n) is 2.53. The van der Waals surface area contributed by atoms with Crippen LogP contribution in [0.25, 0.3) is 0 Å². The van der Waals surface area contributed by atoms with Crippen LogP contribution in [0.4, 0.5) is 0 Å². The molecule has 0 fully saturated rings. The molecular weight excluding hydrogens is 336 g/mol. The summed E-state index contributed by atoms with van der Waals surface area (Å²) in [6.45, 7) is 4.22. The number of benzene rings is 2. The zero-order valence-corrected chi connectivity index (χ0v) is 15.4. The quantitative estimate of drug-likeness (QED) is 0.742. The predicted molar refractivity (Wildman–Crippen MR) is 103 cm³/mol. The van der Waals surface area contributed by atoms with Crippen LogP contribution in [-0.2, 0) is 4.79 Å². The van der Waals surface area contributed by atoms with Crippen LogP contribution in [0.5, 0.6) is 0 Å². The second-order valence-corrected chi connectivity index (χ2v) is 6.06. The summed E-state index contributed by atoms with van der Waals surface area (Å²) in [6, 6.07) is 15.2. The van der Waals surface area contributed by atoms with E-state index in [1.54, 1.807) is 0 Å². The van der Waals surface area contributed by atoms with Crippen molar-refractivity contribution in [1.29, 1.82) is 0 Å². The van der Waals surface area contributed by atoms with E-state index < -0.39 is 0 Å². The van der Waals surface area contributed by atoms with Gasteiger partial charge < -0.3 is 11.1 Å². The van der Waals surface area contributed by atoms with Crippen molar-refractivity contribution < 1.29 is 9.59 Å². The Morgan fingerprint density at radius 3 is 2.40 bits per heavy atom. The molecule has 0 aliphatic heterocycles. The molecule has 25 heavy (non-hydrogen) atoms. The topological polar surface area (TPSA) is 72.2 Å². The predicted octanol–water partition coefficient (Wildman–Crippen LogP) is 3.50. The van der Waals surface area contributed by atoms with Gasteiger partial charge in [-0.15, -0.1) is 12.4 Å². The number of ketones is 1. The van der Waals surface area contributed by atoms with Crippen LogP contribution in [0.3, 0.4) is 0 Å². The normalized spacial score (nSPS) is 11.3. The molecule has 134 valence electrons. The Morgan fingerprint density at radius 1 is 1.04 bits per heavy atom. The van der Waals surface area contributed by atoms with E-state index in [0.29, 0.717) is 12.1 Å². The standard InChI is InChI=1S/C20H24N2O2.ClH/c1-14-8-9-15(2)17(12-14)19(23)10-11-20(24)22-13-18(21)16-6-4-3-5-7-16;/h3-9,12,18H,10-11,13,21H2,1-2H3,(H,22,24);1H. The molecule has 0 radical (unpaired) electrons. The SMILES string of the molecule is Cc1ccc(C)c(C(=O)CCC(=O)NCC(N)c2ccccc2)c1.Cl. The summed E-state index contributed by atoms with van der Waals surface area (Å²) in [6.07, 6.45) is 0.379. The lowest BCUT2D eigenvalue weighted by Crippen LogP contribution is -2.32. The van der Waals surface area contributed by atoms with Crippen LogP contribution in [0, 0.1) is 13.8 Å². The molecule has 0 spiro atoms. The highest BCUT2D eigenvalue weighted by Gasteiger charge is 2.13. The number of rotatable bonds is 7. The van der Waals surface area contributed by atoms with Gasteiger partial charge in [-0.05, 0) is 31.0 Å². The van der Waals surface area contributed by atoms with Crippen molar-refractivity contribution in [3.8, 4) is 0 Å². The number of amides is 1. The van der Waals surface area contributed by atoms with Gasteiger partial charge in [0.05, 0.1) is 0 Å². The molecule has 2 aromatic carbocycles. The smallest absolute Gasteiger partial charge is 0.220 e. The Kier molecular flexibility index (Phi) is 8.32. The van der Waals surface area contributed by atoms with E-state index in [9.17, 15) is 9.59 Å². The first-order chi connectivity index (χ1) is 11.5. The maximum atomic E-state index is 12.3. The fourth-order valence-corrected chi connectivity index (χ4v) is 2.53. The van der Waals surface area contributed by atoms with Gasteiger partial charge >= 0.3 is 0 Å². The molecule has 0 saturated carbocycles. The highest BCUT2D eigenvalue weighted by molar-refractivity contribution is 5.99. The third-order valence-electron chi connectivity index (χ3n) is 4.02. The number of carbonyl (C=O) groups is 2. The monoisotopic (exact) mass is 360 g/mol. The number of Topliss-reactive ketones (excluding diaryl/α,β-unsaturated/α-hetero) is 1. The molecule has 2 aromatic rings. The van der Waals surface area contributed by atoms with Gasteiger partial charge in [-0.2, -0.15) is 0 Å². The summed E-state index contributed by atoms with van der Waals surface area (Å²) in [4.78, 5) is 24.2. The second-order valence-electron chi connectivity index (χ2n) is 6.06. The first-order valence-corrected chi connectivity index (χ1v) is 8.15. The van der Waals surface area contributed by atoms with E-state index >= 15 is 0 Å². The van der Waals surface area contributed by atoms with Gasteiger partial charge in [0.1, 0.15) is 0 Å². The minimum absolute atomic E-state index is 0. The Hall–Kier alpha value is -2.17. The molecule has 2 rings (SSSR count). The number of carbonyl (C=O) groups excluding carboxylic acids is 2. The maximum Gasteiger partial charge on any atom is 0.220 e. The van der Waals surface area contributed by atoms with E-state index in [1.165, 1.54) is 0 Å². The van der Waals surface area contributed by atoms with Crippen molar-refractivity contribution in [3.05, 3.63) is 70.8 Å². The Balaban J connectivity index is 0.00000312. The molecule has 0 heterocycles. The Morgan fingerprint density at radius 2 is 1.72 bits per heavy atom. The number of nitrogens with one attached hydrogen (secondary N) is 1. The molecule has 0 aliphatic rings. The van der Waals surface area contributed by atoms with Gasteiger partial charge in [0.25, 0.3) is 0 Å². The summed E-state index contributed by atoms with van der Waals surface area (Å²) in [5.41, 5.74) is 9.70. The minimum Gasteiger partial charge on any atom is -0.354 e. The van der Waals surface area contributed by atoms with Gasteiger partial charge in [-0.1, -0.05) is 48.0 Å². The van der Waals surface area contributed by atoms with Gasteiger partial charge in [0.2, 0.25) is 5.91 Å². The highest BCUT2D eigenvalue weighted by Crippen LogP contribution is 2.14. The van der Waals surface area contributed by atoms with Crippen molar-refractivity contribution in [2.75, 3.05) is 6.54 Å². The molecule has 3 N–H and O–H groups in total. The summed E-state index contributed by atoms with van der Waals surface area (Å²) < 4.78 is 0. The van der Waals surface area contributed by atoms with E-state index in [0.717, 1.165) is 16.7 Å². The molecule has 1 atom stereocenters. The average molecular weight is 361 g/mol. The first kappa shape index (κ1) is 20.9. The lowest BCUT2D eigenvalue weighted by molar-refractivity contribution is -0.121. The van der Waals surface area contributed by atoms with Crippen molar-refractivity contribution in [2.24, 2.45) is 5.73 Å². The zero-order chi connectivity index (χ0) is 17.5. The van der Waals surface area contributed by atoms with Crippen molar-refractivity contribution >= 4 is 24.1 Å². The van der Waals surface area contributed by atoms with E-state index in [1.807, 2.05) is 62.4 Å². The fraction of sp³-hybridized carbons (Fsp3) is 0.300. The largest absolute Gasteiger partial charge is 0.354 e. The second kappa shape index (κ2) is 9.97. The summed E-state index contributed by atoms with van der Waals surface area (Å²) in [5, 5.41) is 2.80. The summed E-state index contributed by atoms with van der Waals surface area (Å²) >= 11 is 0. The summed E-state index contributed by atoms with van der Waals surface area (Å²) in [7, 11) is 0. The van der Waals surface area contributed by atoms with Gasteiger partial charge in [0, 0.05) is 31.0 Å². The highest BCUT2D eigenvalue weighted by atomic mass is 35.5. The lowest BCUT2D eigenvalue weighted by atomic mass is 9.99. The van der Waals surface area contributed by atoms with Gasteiger partial charge in [-0.3, -0.25) is 9.59 Å². The molecule has 0 aromatic heterocycles. The number of hydrogen-bond acceptors (Lipinski definition) is 3. The lowest BCUT2D eigenvalue weighted by Gasteiger charge is -2.13. The van der Waals surface area contributed by atoms with Crippen LogP contribution >= 0.6 is 12.4 Å².